The average Bonchev–Trinajstić information content (AvgIpc) is 3.21. The van der Waals surface area contributed by atoms with Crippen LogP contribution in [-0.4, -0.2) is 31.3 Å². The molecule has 0 spiro atoms. The Kier molecular flexibility index (Phi) is 7.98. The summed E-state index contributed by atoms with van der Waals surface area (Å²) in [5, 5.41) is 8.15. The number of nitrogens with one attached hydrogen (secondary N) is 2. The van der Waals surface area contributed by atoms with Gasteiger partial charge in [0.05, 0.1) is 12.7 Å². The van der Waals surface area contributed by atoms with Crippen molar-refractivity contribution >= 4 is 39.8 Å². The quantitative estimate of drug-likeness (QED) is 0.613. The molecular weight excluding hydrogens is 366 g/mol. The Morgan fingerprint density at radius 3 is 2.50 bits per heavy atom. The van der Waals surface area contributed by atoms with Crippen LogP contribution in [0.5, 0.6) is 5.75 Å². The lowest BCUT2D eigenvalue weighted by Gasteiger charge is -2.07. The van der Waals surface area contributed by atoms with E-state index in [0.29, 0.717) is 10.7 Å². The number of para-hydroxylation sites is 2. The van der Waals surface area contributed by atoms with E-state index in [2.05, 4.69) is 15.6 Å². The molecule has 3 aromatic rings. The van der Waals surface area contributed by atoms with Crippen molar-refractivity contribution in [2.24, 2.45) is 0 Å². The van der Waals surface area contributed by atoms with Crippen molar-refractivity contribution in [1.29, 1.82) is 0 Å². The molecule has 0 unspecified atom stereocenters. The fourth-order valence-corrected chi connectivity index (χ4v) is 3.23. The molecular formula is C19H21N3O2S2. The van der Waals surface area contributed by atoms with Gasteiger partial charge in [0.25, 0.3) is 5.91 Å². The predicted molar refractivity (Wildman–Crippen MR) is 111 cm³/mol. The van der Waals surface area contributed by atoms with Gasteiger partial charge in [0.1, 0.15) is 5.75 Å². The minimum absolute atomic E-state index is 0.153. The highest BCUT2D eigenvalue weighted by Gasteiger charge is 2.10. The molecule has 7 heteroatoms. The topological polar surface area (TPSA) is 63.2 Å². The summed E-state index contributed by atoms with van der Waals surface area (Å²) in [5.74, 6) is 0.801. The zero-order valence-electron chi connectivity index (χ0n) is 14.9. The first kappa shape index (κ1) is 19.8. The van der Waals surface area contributed by atoms with Gasteiger partial charge in [-0.2, -0.15) is 0 Å². The van der Waals surface area contributed by atoms with Crippen LogP contribution in [0, 0.1) is 0 Å². The Bertz CT molecular complexity index is 800. The number of hydrogen-bond acceptors (Lipinski definition) is 6. The van der Waals surface area contributed by atoms with E-state index in [0.717, 1.165) is 11.4 Å². The second-order valence-electron chi connectivity index (χ2n) is 4.94. The number of anilines is 2. The van der Waals surface area contributed by atoms with E-state index in [1.807, 2.05) is 54.1 Å². The van der Waals surface area contributed by atoms with E-state index in [4.69, 9.17) is 4.74 Å². The lowest BCUT2D eigenvalue weighted by Crippen LogP contribution is -2.13. The molecule has 26 heavy (non-hydrogen) atoms. The zero-order valence-corrected chi connectivity index (χ0v) is 16.5. The summed E-state index contributed by atoms with van der Waals surface area (Å²) < 4.78 is 5.12. The summed E-state index contributed by atoms with van der Waals surface area (Å²) >= 11 is 3.09. The smallest absolute Gasteiger partial charge is 0.259 e. The first-order valence-corrected chi connectivity index (χ1v) is 9.94. The molecule has 0 fully saturated rings. The summed E-state index contributed by atoms with van der Waals surface area (Å²) in [6, 6.07) is 15.3. The van der Waals surface area contributed by atoms with Crippen molar-refractivity contribution in [2.45, 2.75) is 4.90 Å². The van der Waals surface area contributed by atoms with E-state index in [-0.39, 0.29) is 5.91 Å². The lowest BCUT2D eigenvalue weighted by molar-refractivity contribution is 0.102. The fraction of sp³-hybridized carbons (Fsp3) is 0.158. The highest BCUT2D eigenvalue weighted by Crippen LogP contribution is 2.25. The number of methoxy groups -OCH3 is 1. The van der Waals surface area contributed by atoms with Gasteiger partial charge in [-0.15, -0.1) is 23.1 Å². The van der Waals surface area contributed by atoms with E-state index in [1.54, 1.807) is 38.2 Å². The van der Waals surface area contributed by atoms with Crippen LogP contribution in [0.2, 0.25) is 0 Å². The van der Waals surface area contributed by atoms with Crippen LogP contribution in [0.4, 0.5) is 10.8 Å². The number of carbonyl (C=O) groups excluding carboxylic acids is 1. The molecule has 5 nitrogen and oxygen atoms in total. The molecule has 0 aliphatic carbocycles. The fourth-order valence-electron chi connectivity index (χ4n) is 2.14. The third kappa shape index (κ3) is 5.50. The van der Waals surface area contributed by atoms with Gasteiger partial charge < -0.3 is 10.1 Å². The van der Waals surface area contributed by atoms with Crippen LogP contribution in [0.25, 0.3) is 0 Å². The number of hydrogen-bond donors (Lipinski definition) is 2. The number of nitrogens with zero attached hydrogens (tertiary/aromatic N) is 1. The standard InChI is InChI=1S/C11H11N3OS.C8H10OS/c1-12-9-5-3-2-4-8(9)10(15)14-11-13-6-7-16-11;1-9-7-5-3-4-6-8(7)10-2/h2-7,12H,1H3,(H,13,14,15);3-6H,1-2H3. The van der Waals surface area contributed by atoms with Crippen molar-refractivity contribution in [2.75, 3.05) is 31.0 Å². The van der Waals surface area contributed by atoms with Crippen LogP contribution in [0.15, 0.2) is 65.0 Å². The molecule has 1 heterocycles. The van der Waals surface area contributed by atoms with Crippen LogP contribution < -0.4 is 15.4 Å². The summed E-state index contributed by atoms with van der Waals surface area (Å²) in [7, 11) is 3.48. The summed E-state index contributed by atoms with van der Waals surface area (Å²) in [6.07, 6.45) is 3.70. The SMILES string of the molecule is CNc1ccccc1C(=O)Nc1nccs1.COc1ccccc1SC. The summed E-state index contributed by atoms with van der Waals surface area (Å²) in [4.78, 5) is 17.1. The van der Waals surface area contributed by atoms with Crippen molar-refractivity contribution < 1.29 is 9.53 Å². The van der Waals surface area contributed by atoms with Gasteiger partial charge in [-0.3, -0.25) is 10.1 Å². The molecule has 0 atom stereocenters. The average molecular weight is 388 g/mol. The van der Waals surface area contributed by atoms with Crippen LogP contribution in [-0.2, 0) is 0 Å². The first-order valence-electron chi connectivity index (χ1n) is 7.84. The van der Waals surface area contributed by atoms with Gasteiger partial charge in [0, 0.05) is 29.2 Å². The number of benzene rings is 2. The van der Waals surface area contributed by atoms with Crippen LogP contribution in [0.3, 0.4) is 0 Å². The highest BCUT2D eigenvalue weighted by atomic mass is 32.2. The number of carbonyl (C=O) groups is 1. The van der Waals surface area contributed by atoms with Gasteiger partial charge >= 0.3 is 0 Å². The Morgan fingerprint density at radius 1 is 1.15 bits per heavy atom. The zero-order chi connectivity index (χ0) is 18.8. The van der Waals surface area contributed by atoms with Gasteiger partial charge in [-0.25, -0.2) is 4.98 Å². The molecule has 136 valence electrons. The van der Waals surface area contributed by atoms with Crippen LogP contribution >= 0.6 is 23.1 Å². The Hall–Kier alpha value is -2.51. The second-order valence-corrected chi connectivity index (χ2v) is 6.68. The highest BCUT2D eigenvalue weighted by molar-refractivity contribution is 7.98. The largest absolute Gasteiger partial charge is 0.496 e. The molecule has 2 N–H and O–H groups in total. The maximum atomic E-state index is 11.9. The summed E-state index contributed by atoms with van der Waals surface area (Å²) in [5.41, 5.74) is 1.41. The molecule has 0 radical (unpaired) electrons. The number of rotatable bonds is 5. The number of ether oxygens (including phenoxy) is 1. The van der Waals surface area contributed by atoms with E-state index in [9.17, 15) is 4.79 Å². The van der Waals surface area contributed by atoms with E-state index in [1.165, 1.54) is 16.2 Å². The molecule has 0 saturated carbocycles. The van der Waals surface area contributed by atoms with Crippen molar-refractivity contribution in [3.05, 3.63) is 65.7 Å². The summed E-state index contributed by atoms with van der Waals surface area (Å²) in [6.45, 7) is 0. The predicted octanol–water partition coefficient (Wildman–Crippen LogP) is 4.85. The maximum absolute atomic E-state index is 11.9. The molecule has 0 aliphatic heterocycles. The van der Waals surface area contributed by atoms with Gasteiger partial charge in [0.15, 0.2) is 5.13 Å². The normalized spacial score (nSPS) is 9.65. The number of aromatic nitrogens is 1. The van der Waals surface area contributed by atoms with Gasteiger partial charge in [0.2, 0.25) is 0 Å². The van der Waals surface area contributed by atoms with Gasteiger partial charge in [-0.05, 0) is 30.5 Å². The monoisotopic (exact) mass is 387 g/mol. The van der Waals surface area contributed by atoms with Crippen LogP contribution in [0.1, 0.15) is 10.4 Å². The molecule has 1 aromatic heterocycles. The number of thioether (sulfide) groups is 1. The maximum Gasteiger partial charge on any atom is 0.259 e. The van der Waals surface area contributed by atoms with Crippen molar-refractivity contribution in [3.8, 4) is 5.75 Å². The minimum Gasteiger partial charge on any atom is -0.496 e. The van der Waals surface area contributed by atoms with E-state index < -0.39 is 0 Å². The Balaban J connectivity index is 0.000000209. The third-order valence-corrected chi connectivity index (χ3v) is 4.85. The Labute approximate surface area is 161 Å². The number of amides is 1. The molecule has 2 aromatic carbocycles. The Morgan fingerprint density at radius 2 is 1.88 bits per heavy atom. The minimum atomic E-state index is -0.153. The molecule has 1 amide bonds. The van der Waals surface area contributed by atoms with Gasteiger partial charge in [-0.1, -0.05) is 24.3 Å². The molecule has 0 aliphatic rings. The van der Waals surface area contributed by atoms with E-state index >= 15 is 0 Å². The van der Waals surface area contributed by atoms with Crippen molar-refractivity contribution in [1.82, 2.24) is 4.98 Å². The lowest BCUT2D eigenvalue weighted by atomic mass is 10.1. The molecule has 0 saturated heterocycles. The van der Waals surface area contributed by atoms with Crippen molar-refractivity contribution in [3.63, 3.8) is 0 Å². The molecule has 3 rings (SSSR count). The second kappa shape index (κ2) is 10.5. The molecule has 0 bridgehead atoms. The number of thiazole rings is 1. The third-order valence-electron chi connectivity index (χ3n) is 3.38. The first-order chi connectivity index (χ1) is 12.7.